The molecular formula is C17H26N2O2S. The average Bonchev–Trinajstić information content (AvgIpc) is 2.46. The van der Waals surface area contributed by atoms with E-state index in [1.54, 1.807) is 12.1 Å². The molecule has 0 aromatic heterocycles. The van der Waals surface area contributed by atoms with Crippen molar-refractivity contribution in [2.45, 2.75) is 63.3 Å². The van der Waals surface area contributed by atoms with Crippen molar-refractivity contribution in [1.82, 2.24) is 0 Å². The van der Waals surface area contributed by atoms with Gasteiger partial charge in [0.15, 0.2) is 0 Å². The van der Waals surface area contributed by atoms with Crippen LogP contribution in [0.4, 0.5) is 5.69 Å². The Kier molecular flexibility index (Phi) is 8.00. The van der Waals surface area contributed by atoms with Crippen molar-refractivity contribution in [3.8, 4) is 11.8 Å². The van der Waals surface area contributed by atoms with Crippen LogP contribution >= 0.6 is 0 Å². The van der Waals surface area contributed by atoms with Crippen molar-refractivity contribution >= 4 is 15.7 Å². The van der Waals surface area contributed by atoms with Gasteiger partial charge in [0.25, 0.3) is 0 Å². The van der Waals surface area contributed by atoms with E-state index in [4.69, 9.17) is 5.14 Å². The van der Waals surface area contributed by atoms with Gasteiger partial charge in [-0.2, -0.15) is 0 Å². The molecule has 0 saturated carbocycles. The molecule has 0 heterocycles. The van der Waals surface area contributed by atoms with Crippen molar-refractivity contribution in [2.75, 3.05) is 5.32 Å². The number of hydrogen-bond acceptors (Lipinski definition) is 3. The normalized spacial score (nSPS) is 12.3. The fraction of sp³-hybridized carbons (Fsp3) is 0.529. The number of primary sulfonamides is 1. The SMILES string of the molecule is CCCCCCCC#C[C@H](C)Nc1ccc(S(N)(=O)=O)cc1. The number of nitrogens with two attached hydrogens (primary N) is 1. The maximum atomic E-state index is 11.2. The van der Waals surface area contributed by atoms with E-state index in [0.29, 0.717) is 0 Å². The minimum Gasteiger partial charge on any atom is -0.372 e. The summed E-state index contributed by atoms with van der Waals surface area (Å²) in [5.41, 5.74) is 0.831. The lowest BCUT2D eigenvalue weighted by Gasteiger charge is -2.09. The Balaban J connectivity index is 2.38. The van der Waals surface area contributed by atoms with E-state index in [0.717, 1.165) is 18.5 Å². The highest BCUT2D eigenvalue weighted by Gasteiger charge is 2.06. The lowest BCUT2D eigenvalue weighted by atomic mass is 10.1. The van der Waals surface area contributed by atoms with Crippen LogP contribution in [0, 0.1) is 11.8 Å². The molecule has 0 amide bonds. The molecule has 0 aliphatic carbocycles. The molecule has 1 atom stereocenters. The molecule has 3 N–H and O–H groups in total. The van der Waals surface area contributed by atoms with E-state index in [-0.39, 0.29) is 10.9 Å². The number of rotatable bonds is 8. The van der Waals surface area contributed by atoms with Gasteiger partial charge in [-0.05, 0) is 37.6 Å². The summed E-state index contributed by atoms with van der Waals surface area (Å²) < 4.78 is 22.3. The largest absolute Gasteiger partial charge is 0.372 e. The van der Waals surface area contributed by atoms with Crippen molar-refractivity contribution in [1.29, 1.82) is 0 Å². The minimum atomic E-state index is -3.63. The summed E-state index contributed by atoms with van der Waals surface area (Å²) in [6, 6.07) is 6.40. The van der Waals surface area contributed by atoms with Gasteiger partial charge >= 0.3 is 0 Å². The molecule has 0 aliphatic rings. The Labute approximate surface area is 134 Å². The van der Waals surface area contributed by atoms with Crippen LogP contribution in [0.5, 0.6) is 0 Å². The van der Waals surface area contributed by atoms with Gasteiger partial charge in [0.2, 0.25) is 10.0 Å². The molecule has 1 aromatic rings. The van der Waals surface area contributed by atoms with Gasteiger partial charge < -0.3 is 5.32 Å². The summed E-state index contributed by atoms with van der Waals surface area (Å²) in [6.07, 6.45) is 7.20. The smallest absolute Gasteiger partial charge is 0.238 e. The highest BCUT2D eigenvalue weighted by Crippen LogP contribution is 2.13. The summed E-state index contributed by atoms with van der Waals surface area (Å²) in [6.45, 7) is 4.19. The zero-order chi connectivity index (χ0) is 16.4. The molecular weight excluding hydrogens is 296 g/mol. The number of unbranched alkanes of at least 4 members (excludes halogenated alkanes) is 5. The van der Waals surface area contributed by atoms with Gasteiger partial charge in [-0.1, -0.05) is 38.5 Å². The number of sulfonamides is 1. The first kappa shape index (κ1) is 18.5. The van der Waals surface area contributed by atoms with E-state index < -0.39 is 10.0 Å². The van der Waals surface area contributed by atoms with Crippen molar-refractivity contribution in [3.63, 3.8) is 0 Å². The molecule has 4 nitrogen and oxygen atoms in total. The van der Waals surface area contributed by atoms with Crippen molar-refractivity contribution in [3.05, 3.63) is 24.3 Å². The number of hydrogen-bond donors (Lipinski definition) is 2. The molecule has 0 spiro atoms. The third-order valence-corrected chi connectivity index (χ3v) is 4.22. The van der Waals surface area contributed by atoms with Gasteiger partial charge in [-0.15, -0.1) is 5.92 Å². The quantitative estimate of drug-likeness (QED) is 0.568. The molecule has 5 heteroatoms. The lowest BCUT2D eigenvalue weighted by Crippen LogP contribution is -2.14. The van der Waals surface area contributed by atoms with E-state index >= 15 is 0 Å². The maximum absolute atomic E-state index is 11.2. The van der Waals surface area contributed by atoms with Crippen molar-refractivity contribution < 1.29 is 8.42 Å². The molecule has 1 aromatic carbocycles. The zero-order valence-corrected chi connectivity index (χ0v) is 14.2. The Morgan fingerprint density at radius 1 is 1.14 bits per heavy atom. The fourth-order valence-electron chi connectivity index (χ4n) is 2.07. The second-order valence-electron chi connectivity index (χ2n) is 5.42. The Morgan fingerprint density at radius 3 is 2.36 bits per heavy atom. The molecule has 22 heavy (non-hydrogen) atoms. The second-order valence-corrected chi connectivity index (χ2v) is 6.98. The molecule has 0 bridgehead atoms. The minimum absolute atomic E-state index is 0.0241. The predicted molar refractivity (Wildman–Crippen MR) is 92.1 cm³/mol. The summed E-state index contributed by atoms with van der Waals surface area (Å²) >= 11 is 0. The first-order valence-corrected chi connectivity index (χ1v) is 9.36. The number of anilines is 1. The van der Waals surface area contributed by atoms with Gasteiger partial charge in [0.05, 0.1) is 10.9 Å². The first-order chi connectivity index (χ1) is 10.4. The highest BCUT2D eigenvalue weighted by atomic mass is 32.2. The van der Waals surface area contributed by atoms with Crippen LogP contribution in [-0.2, 0) is 10.0 Å². The monoisotopic (exact) mass is 322 g/mol. The Morgan fingerprint density at radius 2 is 1.77 bits per heavy atom. The zero-order valence-electron chi connectivity index (χ0n) is 13.4. The third-order valence-electron chi connectivity index (χ3n) is 3.29. The van der Waals surface area contributed by atoms with Crippen LogP contribution < -0.4 is 10.5 Å². The average molecular weight is 322 g/mol. The summed E-state index contributed by atoms with van der Waals surface area (Å²) in [5, 5.41) is 8.28. The Hall–Kier alpha value is -1.51. The standard InChI is InChI=1S/C17H26N2O2S/c1-3-4-5-6-7-8-9-10-15(2)19-16-11-13-17(14-12-16)22(18,20)21/h11-15,19H,3-8H2,1-2H3,(H2,18,20,21)/t15-/m0/s1. The van der Waals surface area contributed by atoms with Gasteiger partial charge in [-0.3, -0.25) is 0 Å². The fourth-order valence-corrected chi connectivity index (χ4v) is 2.58. The second kappa shape index (κ2) is 9.50. The van der Waals surface area contributed by atoms with Crippen molar-refractivity contribution in [2.24, 2.45) is 5.14 Å². The molecule has 0 radical (unpaired) electrons. The van der Waals surface area contributed by atoms with E-state index in [9.17, 15) is 8.42 Å². The van der Waals surface area contributed by atoms with Gasteiger partial charge in [-0.25, -0.2) is 13.6 Å². The maximum Gasteiger partial charge on any atom is 0.238 e. The number of benzene rings is 1. The first-order valence-electron chi connectivity index (χ1n) is 7.81. The summed E-state index contributed by atoms with van der Waals surface area (Å²) in [5.74, 6) is 6.35. The molecule has 0 fully saturated rings. The topological polar surface area (TPSA) is 72.2 Å². The van der Waals surface area contributed by atoms with Crippen LogP contribution in [0.1, 0.15) is 52.4 Å². The van der Waals surface area contributed by atoms with Crippen LogP contribution in [0.3, 0.4) is 0 Å². The Bertz CT molecular complexity index is 598. The van der Waals surface area contributed by atoms with Crippen LogP contribution in [0.2, 0.25) is 0 Å². The number of nitrogens with one attached hydrogen (secondary N) is 1. The van der Waals surface area contributed by atoms with E-state index in [1.165, 1.54) is 37.8 Å². The van der Waals surface area contributed by atoms with E-state index in [1.807, 2.05) is 6.92 Å². The molecule has 0 aliphatic heterocycles. The van der Waals surface area contributed by atoms with Crippen LogP contribution in [0.15, 0.2) is 29.2 Å². The lowest BCUT2D eigenvalue weighted by molar-refractivity contribution is 0.598. The molecule has 122 valence electrons. The summed E-state index contributed by atoms with van der Waals surface area (Å²) in [4.78, 5) is 0.115. The molecule has 0 unspecified atom stereocenters. The third kappa shape index (κ3) is 7.48. The highest BCUT2D eigenvalue weighted by molar-refractivity contribution is 7.89. The van der Waals surface area contributed by atoms with Crippen LogP contribution in [0.25, 0.3) is 0 Å². The predicted octanol–water partition coefficient (Wildman–Crippen LogP) is 3.50. The summed E-state index contributed by atoms with van der Waals surface area (Å²) in [7, 11) is -3.63. The van der Waals surface area contributed by atoms with Gasteiger partial charge in [0.1, 0.15) is 0 Å². The van der Waals surface area contributed by atoms with Gasteiger partial charge in [0, 0.05) is 12.1 Å². The molecule has 0 saturated heterocycles. The van der Waals surface area contributed by atoms with E-state index in [2.05, 4.69) is 24.1 Å². The van der Waals surface area contributed by atoms with Crippen LogP contribution in [-0.4, -0.2) is 14.5 Å². The molecule has 1 rings (SSSR count).